The molecule has 1 saturated carbocycles. The van der Waals surface area contributed by atoms with Crippen molar-refractivity contribution in [2.75, 3.05) is 19.6 Å². The molecule has 1 aliphatic carbocycles. The number of piperidine rings is 1. The van der Waals surface area contributed by atoms with Crippen LogP contribution in [0.25, 0.3) is 0 Å². The number of hydrogen-bond donors (Lipinski definition) is 0. The molecule has 0 aromatic carbocycles. The summed E-state index contributed by atoms with van der Waals surface area (Å²) in [7, 11) is 0. The summed E-state index contributed by atoms with van der Waals surface area (Å²) < 4.78 is 0. The van der Waals surface area contributed by atoms with E-state index in [0.717, 1.165) is 11.8 Å². The Morgan fingerprint density at radius 2 is 1.56 bits per heavy atom. The van der Waals surface area contributed by atoms with Gasteiger partial charge in [-0.2, -0.15) is 0 Å². The van der Waals surface area contributed by atoms with Gasteiger partial charge in [0.1, 0.15) is 0 Å². The van der Waals surface area contributed by atoms with Gasteiger partial charge in [0.25, 0.3) is 0 Å². The van der Waals surface area contributed by atoms with Crippen LogP contribution in [0.4, 0.5) is 0 Å². The van der Waals surface area contributed by atoms with Gasteiger partial charge in [-0.25, -0.2) is 0 Å². The highest BCUT2D eigenvalue weighted by Crippen LogP contribution is 2.27. The Bertz CT molecular complexity index is 176. The zero-order valence-electron chi connectivity index (χ0n) is 11.1. The number of rotatable bonds is 4. The van der Waals surface area contributed by atoms with Crippen molar-refractivity contribution in [2.45, 2.75) is 64.7 Å². The minimum atomic E-state index is 1.04. The summed E-state index contributed by atoms with van der Waals surface area (Å²) in [4.78, 5) is 2.75. The van der Waals surface area contributed by atoms with E-state index in [-0.39, 0.29) is 0 Å². The fourth-order valence-electron chi connectivity index (χ4n) is 3.60. The maximum absolute atomic E-state index is 2.75. The summed E-state index contributed by atoms with van der Waals surface area (Å²) >= 11 is 0. The predicted molar refractivity (Wildman–Crippen MR) is 70.6 cm³/mol. The molecule has 0 unspecified atom stereocenters. The third kappa shape index (κ3) is 3.76. The molecular weight excluding hydrogens is 194 g/mol. The Hall–Kier alpha value is -0.0400. The van der Waals surface area contributed by atoms with Crippen LogP contribution in [0.15, 0.2) is 0 Å². The number of hydrogen-bond acceptors (Lipinski definition) is 1. The Kier molecular flexibility index (Phi) is 5.15. The van der Waals surface area contributed by atoms with E-state index >= 15 is 0 Å². The van der Waals surface area contributed by atoms with Gasteiger partial charge in [0, 0.05) is 6.54 Å². The first-order valence-corrected chi connectivity index (χ1v) is 7.61. The largest absolute Gasteiger partial charge is 0.303 e. The second-order valence-electron chi connectivity index (χ2n) is 6.04. The lowest BCUT2D eigenvalue weighted by Gasteiger charge is -2.35. The first-order valence-electron chi connectivity index (χ1n) is 7.61. The van der Waals surface area contributed by atoms with E-state index in [0.29, 0.717) is 0 Å². The van der Waals surface area contributed by atoms with Crippen LogP contribution < -0.4 is 0 Å². The number of likely N-dealkylation sites (tertiary alicyclic amines) is 1. The molecule has 0 atom stereocenters. The van der Waals surface area contributed by atoms with Crippen LogP contribution in [0.2, 0.25) is 0 Å². The van der Waals surface area contributed by atoms with E-state index in [1.165, 1.54) is 77.4 Å². The van der Waals surface area contributed by atoms with Gasteiger partial charge >= 0.3 is 0 Å². The molecular formula is C15H29N. The average Bonchev–Trinajstić information content (AvgIpc) is 2.33. The molecule has 2 rings (SSSR count). The molecule has 2 fully saturated rings. The molecule has 0 amide bonds. The van der Waals surface area contributed by atoms with Crippen LogP contribution in [0.1, 0.15) is 64.7 Å². The number of nitrogens with zero attached hydrogens (tertiary/aromatic N) is 1. The lowest BCUT2D eigenvalue weighted by Crippen LogP contribution is -2.37. The molecule has 1 aliphatic heterocycles. The van der Waals surface area contributed by atoms with Crippen molar-refractivity contribution in [3.8, 4) is 0 Å². The molecule has 2 aliphatic rings. The first kappa shape index (κ1) is 12.4. The minimum absolute atomic E-state index is 1.04. The molecule has 1 heteroatoms. The highest BCUT2D eigenvalue weighted by atomic mass is 15.1. The minimum Gasteiger partial charge on any atom is -0.303 e. The van der Waals surface area contributed by atoms with Crippen molar-refractivity contribution in [1.29, 1.82) is 0 Å². The van der Waals surface area contributed by atoms with Crippen LogP contribution >= 0.6 is 0 Å². The van der Waals surface area contributed by atoms with Crippen molar-refractivity contribution < 1.29 is 0 Å². The maximum atomic E-state index is 2.75. The zero-order valence-corrected chi connectivity index (χ0v) is 11.1. The summed E-state index contributed by atoms with van der Waals surface area (Å²) in [6, 6.07) is 0. The second-order valence-corrected chi connectivity index (χ2v) is 6.04. The Labute approximate surface area is 102 Å². The van der Waals surface area contributed by atoms with Crippen LogP contribution in [0.3, 0.4) is 0 Å². The fourth-order valence-corrected chi connectivity index (χ4v) is 3.60. The highest BCUT2D eigenvalue weighted by Gasteiger charge is 2.22. The molecule has 16 heavy (non-hydrogen) atoms. The van der Waals surface area contributed by atoms with Crippen molar-refractivity contribution in [3.05, 3.63) is 0 Å². The van der Waals surface area contributed by atoms with Gasteiger partial charge in [0.15, 0.2) is 0 Å². The van der Waals surface area contributed by atoms with E-state index in [1.54, 1.807) is 0 Å². The fraction of sp³-hybridized carbons (Fsp3) is 1.00. The third-order valence-electron chi connectivity index (χ3n) is 4.65. The molecule has 0 radical (unpaired) electrons. The predicted octanol–water partition coefficient (Wildman–Crippen LogP) is 4.08. The SMILES string of the molecule is CCCC1CCN(CC2CCCCC2)CC1. The van der Waals surface area contributed by atoms with Gasteiger partial charge in [0.2, 0.25) is 0 Å². The highest BCUT2D eigenvalue weighted by molar-refractivity contribution is 4.76. The van der Waals surface area contributed by atoms with E-state index < -0.39 is 0 Å². The van der Waals surface area contributed by atoms with Crippen LogP contribution in [0.5, 0.6) is 0 Å². The lowest BCUT2D eigenvalue weighted by atomic mass is 9.87. The van der Waals surface area contributed by atoms with Crippen LogP contribution in [0, 0.1) is 11.8 Å². The van der Waals surface area contributed by atoms with Crippen molar-refractivity contribution in [2.24, 2.45) is 11.8 Å². The van der Waals surface area contributed by atoms with Crippen LogP contribution in [-0.2, 0) is 0 Å². The van der Waals surface area contributed by atoms with Crippen molar-refractivity contribution >= 4 is 0 Å². The standard InChI is InChI=1S/C15H29N/c1-2-6-14-9-11-16(12-10-14)13-15-7-4-3-5-8-15/h14-15H,2-13H2,1H3. The summed E-state index contributed by atoms with van der Waals surface area (Å²) in [6.07, 6.45) is 13.3. The van der Waals surface area contributed by atoms with Gasteiger partial charge in [-0.3, -0.25) is 0 Å². The molecule has 94 valence electrons. The maximum Gasteiger partial charge on any atom is 0.000966 e. The Morgan fingerprint density at radius 3 is 2.19 bits per heavy atom. The summed E-state index contributed by atoms with van der Waals surface area (Å²) in [5.41, 5.74) is 0. The van der Waals surface area contributed by atoms with E-state index in [4.69, 9.17) is 0 Å². The van der Waals surface area contributed by atoms with Crippen molar-refractivity contribution in [3.63, 3.8) is 0 Å². The van der Waals surface area contributed by atoms with Gasteiger partial charge in [-0.05, 0) is 50.6 Å². The summed E-state index contributed by atoms with van der Waals surface area (Å²) in [5.74, 6) is 2.09. The smallest absolute Gasteiger partial charge is 0.000966 e. The van der Waals surface area contributed by atoms with Gasteiger partial charge in [-0.1, -0.05) is 39.0 Å². The van der Waals surface area contributed by atoms with Gasteiger partial charge in [-0.15, -0.1) is 0 Å². The van der Waals surface area contributed by atoms with Gasteiger partial charge < -0.3 is 4.90 Å². The van der Waals surface area contributed by atoms with E-state index in [2.05, 4.69) is 11.8 Å². The Balaban J connectivity index is 1.64. The van der Waals surface area contributed by atoms with E-state index in [9.17, 15) is 0 Å². The second kappa shape index (κ2) is 6.64. The zero-order chi connectivity index (χ0) is 11.2. The molecule has 0 aromatic rings. The molecule has 0 N–H and O–H groups in total. The molecule has 1 nitrogen and oxygen atoms in total. The summed E-state index contributed by atoms with van der Waals surface area (Å²) in [5, 5.41) is 0. The molecule has 1 heterocycles. The molecule has 0 spiro atoms. The van der Waals surface area contributed by atoms with E-state index in [1.807, 2.05) is 0 Å². The molecule has 0 aromatic heterocycles. The van der Waals surface area contributed by atoms with Crippen molar-refractivity contribution in [1.82, 2.24) is 4.90 Å². The van der Waals surface area contributed by atoms with Gasteiger partial charge in [0.05, 0.1) is 0 Å². The Morgan fingerprint density at radius 1 is 0.875 bits per heavy atom. The average molecular weight is 223 g/mol. The quantitative estimate of drug-likeness (QED) is 0.694. The third-order valence-corrected chi connectivity index (χ3v) is 4.65. The lowest BCUT2D eigenvalue weighted by molar-refractivity contribution is 0.142. The summed E-state index contributed by atoms with van der Waals surface area (Å²) in [6.45, 7) is 6.52. The monoisotopic (exact) mass is 223 g/mol. The first-order chi connectivity index (χ1) is 7.88. The normalized spacial score (nSPS) is 26.1. The molecule has 0 bridgehead atoms. The van der Waals surface area contributed by atoms with Crippen LogP contribution in [-0.4, -0.2) is 24.5 Å². The molecule has 1 saturated heterocycles. The topological polar surface area (TPSA) is 3.24 Å².